The van der Waals surface area contributed by atoms with Crippen molar-refractivity contribution in [1.82, 2.24) is 5.32 Å². The van der Waals surface area contributed by atoms with Gasteiger partial charge in [-0.25, -0.2) is 0 Å². The number of rotatable bonds is 8. The molecule has 1 aromatic carbocycles. The molecule has 19 heavy (non-hydrogen) atoms. The Balaban J connectivity index is 2.33. The van der Waals surface area contributed by atoms with Crippen molar-refractivity contribution in [3.05, 3.63) is 24.3 Å². The van der Waals surface area contributed by atoms with Crippen LogP contribution in [0, 0.1) is 0 Å². The molecular weight excluding hydrogens is 262 g/mol. The monoisotopic (exact) mass is 283 g/mol. The minimum atomic E-state index is 0.0171. The van der Waals surface area contributed by atoms with Gasteiger partial charge >= 0.3 is 0 Å². The predicted octanol–water partition coefficient (Wildman–Crippen LogP) is 2.33. The Bertz CT molecular complexity index is 381. The van der Waals surface area contributed by atoms with Crippen LogP contribution in [0.4, 0.5) is 0 Å². The first-order valence-electron chi connectivity index (χ1n) is 6.29. The van der Waals surface area contributed by atoms with E-state index in [2.05, 4.69) is 5.32 Å². The molecule has 1 rings (SSSR count). The summed E-state index contributed by atoms with van der Waals surface area (Å²) in [4.78, 5) is 12.7. The van der Waals surface area contributed by atoms with Gasteiger partial charge in [0.25, 0.3) is 0 Å². The van der Waals surface area contributed by atoms with E-state index >= 15 is 0 Å². The molecule has 1 unspecified atom stereocenters. The van der Waals surface area contributed by atoms with Crippen molar-refractivity contribution < 1.29 is 14.3 Å². The van der Waals surface area contributed by atoms with E-state index < -0.39 is 0 Å². The third-order valence-electron chi connectivity index (χ3n) is 2.33. The molecule has 0 aliphatic carbocycles. The van der Waals surface area contributed by atoms with Crippen LogP contribution in [0.25, 0.3) is 0 Å². The number of hydrogen-bond donors (Lipinski definition) is 1. The summed E-state index contributed by atoms with van der Waals surface area (Å²) in [5, 5.41) is 2.87. The highest BCUT2D eigenvalue weighted by atomic mass is 32.2. The lowest BCUT2D eigenvalue weighted by Crippen LogP contribution is -2.36. The molecule has 1 atom stereocenters. The van der Waals surface area contributed by atoms with E-state index in [-0.39, 0.29) is 11.9 Å². The van der Waals surface area contributed by atoms with E-state index in [0.717, 1.165) is 10.6 Å². The summed E-state index contributed by atoms with van der Waals surface area (Å²) in [5.74, 6) is 1.27. The molecule has 106 valence electrons. The molecule has 0 saturated carbocycles. The first-order chi connectivity index (χ1) is 9.15. The lowest BCUT2D eigenvalue weighted by atomic mass is 10.3. The average molecular weight is 283 g/mol. The van der Waals surface area contributed by atoms with Crippen molar-refractivity contribution >= 4 is 17.7 Å². The Morgan fingerprint density at radius 3 is 2.63 bits per heavy atom. The Hall–Kier alpha value is -1.20. The van der Waals surface area contributed by atoms with Gasteiger partial charge in [0.15, 0.2) is 0 Å². The summed E-state index contributed by atoms with van der Waals surface area (Å²) >= 11 is 1.51. The van der Waals surface area contributed by atoms with Crippen molar-refractivity contribution in [2.24, 2.45) is 0 Å². The fraction of sp³-hybridized carbons (Fsp3) is 0.500. The summed E-state index contributed by atoms with van der Waals surface area (Å²) in [6.07, 6.45) is 0. The normalized spacial score (nSPS) is 11.9. The highest BCUT2D eigenvalue weighted by Crippen LogP contribution is 2.21. The van der Waals surface area contributed by atoms with E-state index in [1.165, 1.54) is 11.8 Å². The van der Waals surface area contributed by atoms with Gasteiger partial charge in [-0.05, 0) is 38.1 Å². The molecule has 0 aliphatic heterocycles. The molecule has 0 spiro atoms. The van der Waals surface area contributed by atoms with Crippen molar-refractivity contribution in [3.8, 4) is 5.75 Å². The van der Waals surface area contributed by atoms with Crippen LogP contribution < -0.4 is 10.1 Å². The van der Waals surface area contributed by atoms with E-state index in [9.17, 15) is 4.79 Å². The number of methoxy groups -OCH3 is 1. The third-order valence-corrected chi connectivity index (χ3v) is 3.34. The third kappa shape index (κ3) is 6.50. The van der Waals surface area contributed by atoms with Crippen LogP contribution in [0.2, 0.25) is 0 Å². The van der Waals surface area contributed by atoms with E-state index in [0.29, 0.717) is 19.0 Å². The molecule has 0 radical (unpaired) electrons. The van der Waals surface area contributed by atoms with Gasteiger partial charge in [0.1, 0.15) is 5.75 Å². The zero-order valence-electron chi connectivity index (χ0n) is 11.6. The van der Waals surface area contributed by atoms with Crippen LogP contribution in [-0.4, -0.2) is 38.0 Å². The lowest BCUT2D eigenvalue weighted by molar-refractivity contribution is -0.119. The summed E-state index contributed by atoms with van der Waals surface area (Å²) in [6, 6.07) is 7.79. The molecule has 1 aromatic rings. The second-order valence-electron chi connectivity index (χ2n) is 4.12. The smallest absolute Gasteiger partial charge is 0.230 e. The quantitative estimate of drug-likeness (QED) is 0.744. The molecule has 4 nitrogen and oxygen atoms in total. The molecule has 0 aromatic heterocycles. The van der Waals surface area contributed by atoms with Crippen molar-refractivity contribution in [2.75, 3.05) is 26.1 Å². The Morgan fingerprint density at radius 1 is 1.37 bits per heavy atom. The van der Waals surface area contributed by atoms with Gasteiger partial charge in [0.05, 0.1) is 19.0 Å². The number of thioether (sulfide) groups is 1. The number of amides is 1. The SMILES string of the molecule is CCOc1ccc(SCC(=O)NC(C)COC)cc1. The average Bonchev–Trinajstić information content (AvgIpc) is 2.38. The molecule has 0 aliphatic rings. The molecule has 0 fully saturated rings. The van der Waals surface area contributed by atoms with E-state index in [1.54, 1.807) is 7.11 Å². The van der Waals surface area contributed by atoms with Gasteiger partial charge in [-0.1, -0.05) is 0 Å². The highest BCUT2D eigenvalue weighted by Gasteiger charge is 2.07. The predicted molar refractivity (Wildman–Crippen MR) is 77.8 cm³/mol. The van der Waals surface area contributed by atoms with Crippen molar-refractivity contribution in [2.45, 2.75) is 24.8 Å². The molecule has 1 amide bonds. The first-order valence-corrected chi connectivity index (χ1v) is 7.28. The lowest BCUT2D eigenvalue weighted by Gasteiger charge is -2.12. The van der Waals surface area contributed by atoms with Gasteiger partial charge in [-0.3, -0.25) is 4.79 Å². The summed E-state index contributed by atoms with van der Waals surface area (Å²) in [6.45, 7) is 5.06. The maximum Gasteiger partial charge on any atom is 0.230 e. The number of ether oxygens (including phenoxy) is 2. The van der Waals surface area contributed by atoms with Crippen LogP contribution in [0.1, 0.15) is 13.8 Å². The van der Waals surface area contributed by atoms with Gasteiger partial charge in [0.2, 0.25) is 5.91 Å². The minimum absolute atomic E-state index is 0.0171. The van der Waals surface area contributed by atoms with Crippen molar-refractivity contribution in [3.63, 3.8) is 0 Å². The number of benzene rings is 1. The standard InChI is InChI=1S/C14H21NO3S/c1-4-18-12-5-7-13(8-6-12)19-10-14(16)15-11(2)9-17-3/h5-8,11H,4,9-10H2,1-3H3,(H,15,16). The maximum absolute atomic E-state index is 11.7. The van der Waals surface area contributed by atoms with Crippen molar-refractivity contribution in [1.29, 1.82) is 0 Å². The maximum atomic E-state index is 11.7. The summed E-state index contributed by atoms with van der Waals surface area (Å²) < 4.78 is 10.3. The number of carbonyl (C=O) groups excluding carboxylic acids is 1. The second-order valence-corrected chi connectivity index (χ2v) is 5.17. The second kappa shape index (κ2) is 8.82. The fourth-order valence-electron chi connectivity index (χ4n) is 1.56. The molecule has 0 saturated heterocycles. The molecule has 1 N–H and O–H groups in total. The van der Waals surface area contributed by atoms with Crippen LogP contribution in [0.5, 0.6) is 5.75 Å². The highest BCUT2D eigenvalue weighted by molar-refractivity contribution is 8.00. The number of nitrogens with one attached hydrogen (secondary N) is 1. The Kier molecular flexibility index (Phi) is 7.36. The summed E-state index contributed by atoms with van der Waals surface area (Å²) in [5.41, 5.74) is 0. The largest absolute Gasteiger partial charge is 0.494 e. The van der Waals surface area contributed by atoms with Crippen LogP contribution in [-0.2, 0) is 9.53 Å². The zero-order chi connectivity index (χ0) is 14.1. The fourth-order valence-corrected chi connectivity index (χ4v) is 2.27. The summed E-state index contributed by atoms with van der Waals surface area (Å²) in [7, 11) is 1.62. The molecule has 0 heterocycles. The van der Waals surface area contributed by atoms with Gasteiger partial charge < -0.3 is 14.8 Å². The zero-order valence-corrected chi connectivity index (χ0v) is 12.5. The van der Waals surface area contributed by atoms with Crippen LogP contribution in [0.3, 0.4) is 0 Å². The van der Waals surface area contributed by atoms with E-state index in [1.807, 2.05) is 38.1 Å². The van der Waals surface area contributed by atoms with Gasteiger partial charge in [-0.15, -0.1) is 11.8 Å². The molecule has 5 heteroatoms. The van der Waals surface area contributed by atoms with E-state index in [4.69, 9.17) is 9.47 Å². The van der Waals surface area contributed by atoms with Gasteiger partial charge in [0, 0.05) is 18.0 Å². The Labute approximate surface area is 118 Å². The topological polar surface area (TPSA) is 47.6 Å². The number of carbonyl (C=O) groups is 1. The Morgan fingerprint density at radius 2 is 2.05 bits per heavy atom. The molecule has 0 bridgehead atoms. The number of hydrogen-bond acceptors (Lipinski definition) is 4. The molecular formula is C14H21NO3S. The minimum Gasteiger partial charge on any atom is -0.494 e. The van der Waals surface area contributed by atoms with Crippen LogP contribution >= 0.6 is 11.8 Å². The first kappa shape index (κ1) is 15.9. The van der Waals surface area contributed by atoms with Crippen LogP contribution in [0.15, 0.2) is 29.2 Å². The van der Waals surface area contributed by atoms with Gasteiger partial charge in [-0.2, -0.15) is 0 Å².